The first-order valence-corrected chi connectivity index (χ1v) is 11.5. The van der Waals surface area contributed by atoms with Crippen LogP contribution < -0.4 is 10.6 Å². The molecule has 1 aliphatic heterocycles. The van der Waals surface area contributed by atoms with Crippen molar-refractivity contribution in [1.29, 1.82) is 0 Å². The summed E-state index contributed by atoms with van der Waals surface area (Å²) >= 11 is 0. The van der Waals surface area contributed by atoms with Crippen LogP contribution in [0.3, 0.4) is 0 Å². The number of aliphatic hydroxyl groups excluding tert-OH is 1. The molecule has 0 saturated carbocycles. The normalized spacial score (nSPS) is 14.7. The van der Waals surface area contributed by atoms with Crippen LogP contribution in [0.1, 0.15) is 11.5 Å². The summed E-state index contributed by atoms with van der Waals surface area (Å²) in [6.45, 7) is 6.14. The molecule has 1 aliphatic rings. The molecule has 1 fully saturated rings. The number of aliphatic hydroxyl groups is 1. The van der Waals surface area contributed by atoms with Crippen LogP contribution in [-0.4, -0.2) is 83.9 Å². The van der Waals surface area contributed by atoms with Gasteiger partial charge in [0, 0.05) is 49.9 Å². The Morgan fingerprint density at radius 1 is 1.11 bits per heavy atom. The maximum atomic E-state index is 14.5. The lowest BCUT2D eigenvalue weighted by Gasteiger charge is -2.36. The third kappa shape index (κ3) is 3.76. The molecule has 0 radical (unpaired) electrons. The van der Waals surface area contributed by atoms with Gasteiger partial charge in [0.1, 0.15) is 6.61 Å². The quantitative estimate of drug-likeness (QED) is 0.348. The van der Waals surface area contributed by atoms with E-state index in [1.165, 1.54) is 10.6 Å². The van der Waals surface area contributed by atoms with E-state index in [-0.39, 0.29) is 24.0 Å². The smallest absolute Gasteiger partial charge is 0.226 e. The number of halogens is 1. The molecular weight excluding hydrogens is 467 g/mol. The fraction of sp³-hybridized carbons (Fsp3) is 0.348. The van der Waals surface area contributed by atoms with Crippen molar-refractivity contribution >= 4 is 39.3 Å². The second-order valence-electron chi connectivity index (χ2n) is 8.61. The first kappa shape index (κ1) is 22.2. The average Bonchev–Trinajstić information content (AvgIpc) is 3.59. The minimum absolute atomic E-state index is 0.185. The summed E-state index contributed by atoms with van der Waals surface area (Å²) in [4.78, 5) is 13.4. The van der Waals surface area contributed by atoms with Gasteiger partial charge in [0.15, 0.2) is 17.1 Å². The van der Waals surface area contributed by atoms with Gasteiger partial charge in [-0.15, -0.1) is 5.10 Å². The van der Waals surface area contributed by atoms with E-state index in [2.05, 4.69) is 47.0 Å². The maximum absolute atomic E-state index is 14.5. The van der Waals surface area contributed by atoms with Crippen molar-refractivity contribution in [1.82, 2.24) is 39.4 Å². The highest BCUT2D eigenvalue weighted by Gasteiger charge is 2.21. The Hall–Kier alpha value is -4.28. The summed E-state index contributed by atoms with van der Waals surface area (Å²) in [6.07, 6.45) is 1.70. The van der Waals surface area contributed by atoms with Crippen LogP contribution in [0.4, 0.5) is 16.0 Å². The number of fused-ring (bicyclic) bond motifs is 4. The number of rotatable bonds is 4. The first-order chi connectivity index (χ1) is 17.5. The lowest BCUT2D eigenvalue weighted by Crippen LogP contribution is -2.47. The number of piperazine rings is 1. The molecule has 0 bridgehead atoms. The standard InChI is InChI=1S/C23H23FN10O2/c1-14-16-11-15(12-18(24)20(16)36-30-14)32-7-4-31(5-8-32)6-9-33-21-17(13-26-33)22-27-19(3-2-10-35)29-34(22)23(25)28-21/h11-13,35H,4-10H2,1H3,(H2,25,28). The molecule has 3 N–H and O–H groups in total. The average molecular weight is 491 g/mol. The summed E-state index contributed by atoms with van der Waals surface area (Å²) in [7, 11) is 0. The summed E-state index contributed by atoms with van der Waals surface area (Å²) in [6, 6.07) is 3.46. The van der Waals surface area contributed by atoms with E-state index in [1.807, 2.05) is 17.7 Å². The van der Waals surface area contributed by atoms with E-state index in [9.17, 15) is 4.39 Å². The van der Waals surface area contributed by atoms with Crippen LogP contribution in [0, 0.1) is 24.6 Å². The van der Waals surface area contributed by atoms with Crippen LogP contribution in [0.2, 0.25) is 0 Å². The van der Waals surface area contributed by atoms with Gasteiger partial charge in [-0.1, -0.05) is 11.1 Å². The van der Waals surface area contributed by atoms with Gasteiger partial charge in [0.25, 0.3) is 0 Å². The van der Waals surface area contributed by atoms with E-state index < -0.39 is 5.82 Å². The van der Waals surface area contributed by atoms with Gasteiger partial charge in [-0.3, -0.25) is 4.90 Å². The molecule has 0 aliphatic carbocycles. The van der Waals surface area contributed by atoms with E-state index in [0.717, 1.165) is 43.8 Å². The molecule has 6 rings (SSSR count). The Kier molecular flexibility index (Phi) is 5.39. The molecule has 5 heterocycles. The number of anilines is 2. The van der Waals surface area contributed by atoms with E-state index in [0.29, 0.717) is 28.9 Å². The Balaban J connectivity index is 1.15. The summed E-state index contributed by atoms with van der Waals surface area (Å²) in [5, 5.41) is 22.9. The van der Waals surface area contributed by atoms with Crippen molar-refractivity contribution in [2.24, 2.45) is 0 Å². The molecule has 0 atom stereocenters. The van der Waals surface area contributed by atoms with Gasteiger partial charge in [0.2, 0.25) is 17.4 Å². The second kappa shape index (κ2) is 8.74. The van der Waals surface area contributed by atoms with Gasteiger partial charge >= 0.3 is 0 Å². The Morgan fingerprint density at radius 2 is 1.94 bits per heavy atom. The van der Waals surface area contributed by atoms with Gasteiger partial charge in [-0.2, -0.15) is 19.6 Å². The Bertz CT molecular complexity index is 1650. The molecule has 0 spiro atoms. The zero-order chi connectivity index (χ0) is 24.8. The number of hydrogen-bond acceptors (Lipinski definition) is 10. The summed E-state index contributed by atoms with van der Waals surface area (Å²) in [5.74, 6) is 5.27. The number of benzene rings is 1. The van der Waals surface area contributed by atoms with Gasteiger partial charge in [-0.25, -0.2) is 9.07 Å². The number of hydrogen-bond donors (Lipinski definition) is 2. The minimum atomic E-state index is -0.391. The van der Waals surface area contributed by atoms with Crippen molar-refractivity contribution in [2.45, 2.75) is 13.5 Å². The highest BCUT2D eigenvalue weighted by atomic mass is 19.1. The SMILES string of the molecule is Cc1noc2c(F)cc(N3CCN(CCn4ncc5c4nc(N)n4nc(C#CCO)nc54)CC3)cc12. The molecule has 0 unspecified atom stereocenters. The monoisotopic (exact) mass is 490 g/mol. The molecule has 1 aromatic carbocycles. The number of nitrogens with two attached hydrogens (primary N) is 1. The lowest BCUT2D eigenvalue weighted by atomic mass is 10.1. The molecular formula is C23H23FN10O2. The Labute approximate surface area is 204 Å². The zero-order valence-electron chi connectivity index (χ0n) is 19.5. The zero-order valence-corrected chi connectivity index (χ0v) is 19.5. The van der Waals surface area contributed by atoms with E-state index >= 15 is 0 Å². The lowest BCUT2D eigenvalue weighted by molar-refractivity contribution is 0.245. The van der Waals surface area contributed by atoms with Crippen molar-refractivity contribution in [3.63, 3.8) is 0 Å². The van der Waals surface area contributed by atoms with Crippen LogP contribution >= 0.6 is 0 Å². The van der Waals surface area contributed by atoms with Gasteiger partial charge in [-0.05, 0) is 18.9 Å². The Morgan fingerprint density at radius 3 is 2.75 bits per heavy atom. The third-order valence-electron chi connectivity index (χ3n) is 6.43. The number of aryl methyl sites for hydroxylation is 1. The van der Waals surface area contributed by atoms with Crippen molar-refractivity contribution in [2.75, 3.05) is 50.0 Å². The predicted molar refractivity (Wildman–Crippen MR) is 130 cm³/mol. The van der Waals surface area contributed by atoms with E-state index in [4.69, 9.17) is 15.4 Å². The largest absolute Gasteiger partial charge is 0.384 e. The molecule has 1 saturated heterocycles. The molecule has 36 heavy (non-hydrogen) atoms. The van der Waals surface area contributed by atoms with Crippen LogP contribution in [0.15, 0.2) is 22.9 Å². The van der Waals surface area contributed by atoms with Crippen molar-refractivity contribution in [3.8, 4) is 11.8 Å². The van der Waals surface area contributed by atoms with Crippen LogP contribution in [0.5, 0.6) is 0 Å². The second-order valence-corrected chi connectivity index (χ2v) is 8.61. The van der Waals surface area contributed by atoms with Crippen molar-refractivity contribution < 1.29 is 14.0 Å². The van der Waals surface area contributed by atoms with E-state index in [1.54, 1.807) is 6.20 Å². The van der Waals surface area contributed by atoms with Crippen LogP contribution in [0.25, 0.3) is 27.6 Å². The van der Waals surface area contributed by atoms with Crippen molar-refractivity contribution in [3.05, 3.63) is 35.7 Å². The molecule has 13 heteroatoms. The predicted octanol–water partition coefficient (Wildman–Crippen LogP) is 0.811. The topological polar surface area (TPSA) is 140 Å². The van der Waals surface area contributed by atoms with Crippen LogP contribution in [-0.2, 0) is 6.54 Å². The maximum Gasteiger partial charge on any atom is 0.226 e. The number of aromatic nitrogens is 7. The summed E-state index contributed by atoms with van der Waals surface area (Å²) < 4.78 is 22.8. The molecule has 5 aromatic rings. The molecule has 0 amide bonds. The highest BCUT2D eigenvalue weighted by molar-refractivity contribution is 5.90. The fourth-order valence-corrected chi connectivity index (χ4v) is 4.54. The first-order valence-electron chi connectivity index (χ1n) is 11.5. The van der Waals surface area contributed by atoms with Gasteiger partial charge in [0.05, 0.1) is 23.8 Å². The minimum Gasteiger partial charge on any atom is -0.384 e. The summed E-state index contributed by atoms with van der Waals surface area (Å²) in [5.41, 5.74) is 8.98. The molecule has 12 nitrogen and oxygen atoms in total. The van der Waals surface area contributed by atoms with Gasteiger partial charge < -0.3 is 20.3 Å². The highest BCUT2D eigenvalue weighted by Crippen LogP contribution is 2.28. The molecule has 184 valence electrons. The number of nitrogens with zero attached hydrogens (tertiary/aromatic N) is 9. The third-order valence-corrected chi connectivity index (χ3v) is 6.43. The molecule has 4 aromatic heterocycles. The number of nitrogen functional groups attached to an aromatic ring is 1. The fourth-order valence-electron chi connectivity index (χ4n) is 4.54.